The minimum absolute atomic E-state index is 0.0951. The maximum absolute atomic E-state index is 11.9. The fourth-order valence-electron chi connectivity index (χ4n) is 1.81. The Morgan fingerprint density at radius 3 is 2.67 bits per heavy atom. The molecule has 1 aromatic heterocycles. The molecule has 110 valence electrons. The van der Waals surface area contributed by atoms with E-state index >= 15 is 0 Å². The van der Waals surface area contributed by atoms with Crippen molar-refractivity contribution in [3.63, 3.8) is 0 Å². The van der Waals surface area contributed by atoms with Crippen molar-refractivity contribution in [1.82, 2.24) is 9.97 Å². The van der Waals surface area contributed by atoms with Crippen molar-refractivity contribution in [2.24, 2.45) is 0 Å². The summed E-state index contributed by atoms with van der Waals surface area (Å²) in [5.41, 5.74) is 1.06. The van der Waals surface area contributed by atoms with Crippen molar-refractivity contribution < 1.29 is 14.3 Å². The molecule has 0 bridgehead atoms. The van der Waals surface area contributed by atoms with Crippen molar-refractivity contribution in [2.75, 3.05) is 0 Å². The number of aromatic nitrogens is 2. The van der Waals surface area contributed by atoms with Gasteiger partial charge in [0, 0.05) is 12.4 Å². The number of carbonyl (C=O) groups is 1. The SMILES string of the molecule is CC(C)Oc1cccc([C@@H](C)OC(=O)c2cnccn2)c1. The van der Waals surface area contributed by atoms with Crippen molar-refractivity contribution in [1.29, 1.82) is 0 Å². The van der Waals surface area contributed by atoms with Gasteiger partial charge in [-0.15, -0.1) is 0 Å². The molecule has 0 amide bonds. The van der Waals surface area contributed by atoms with Gasteiger partial charge in [-0.3, -0.25) is 4.98 Å². The van der Waals surface area contributed by atoms with Crippen LogP contribution in [0.4, 0.5) is 0 Å². The molecule has 5 nitrogen and oxygen atoms in total. The fourth-order valence-corrected chi connectivity index (χ4v) is 1.81. The third-order valence-electron chi connectivity index (χ3n) is 2.76. The van der Waals surface area contributed by atoms with Crippen LogP contribution in [0.2, 0.25) is 0 Å². The predicted molar refractivity (Wildman–Crippen MR) is 78.1 cm³/mol. The number of carbonyl (C=O) groups excluding carboxylic acids is 1. The summed E-state index contributed by atoms with van der Waals surface area (Å²) in [5, 5.41) is 0. The summed E-state index contributed by atoms with van der Waals surface area (Å²) >= 11 is 0. The van der Waals surface area contributed by atoms with Gasteiger partial charge in [-0.25, -0.2) is 9.78 Å². The Morgan fingerprint density at radius 1 is 1.19 bits per heavy atom. The van der Waals surface area contributed by atoms with Crippen LogP contribution in [0, 0.1) is 0 Å². The molecule has 0 N–H and O–H groups in total. The van der Waals surface area contributed by atoms with E-state index in [1.165, 1.54) is 18.6 Å². The summed E-state index contributed by atoms with van der Waals surface area (Å²) in [5.74, 6) is 0.260. The van der Waals surface area contributed by atoms with Gasteiger partial charge < -0.3 is 9.47 Å². The van der Waals surface area contributed by atoms with Crippen LogP contribution in [0.3, 0.4) is 0 Å². The van der Waals surface area contributed by atoms with Crippen LogP contribution in [-0.2, 0) is 4.74 Å². The lowest BCUT2D eigenvalue weighted by Crippen LogP contribution is -2.11. The summed E-state index contributed by atoms with van der Waals surface area (Å²) in [6.45, 7) is 5.73. The molecule has 0 fully saturated rings. The minimum atomic E-state index is -0.495. The molecule has 0 aliphatic heterocycles. The van der Waals surface area contributed by atoms with Crippen LogP contribution in [0.1, 0.15) is 42.9 Å². The van der Waals surface area contributed by atoms with Gasteiger partial charge >= 0.3 is 5.97 Å². The normalized spacial score (nSPS) is 12.0. The van der Waals surface area contributed by atoms with E-state index in [-0.39, 0.29) is 11.8 Å². The summed E-state index contributed by atoms with van der Waals surface area (Å²) in [6, 6.07) is 7.51. The zero-order valence-corrected chi connectivity index (χ0v) is 12.3. The largest absolute Gasteiger partial charge is 0.491 e. The molecule has 5 heteroatoms. The Bertz CT molecular complexity index is 599. The standard InChI is InChI=1S/C16H18N2O3/c1-11(2)20-14-6-4-5-13(9-14)12(3)21-16(19)15-10-17-7-8-18-15/h4-12H,1-3H3/t12-/m1/s1. The Balaban J connectivity index is 2.06. The van der Waals surface area contributed by atoms with Gasteiger partial charge in [0.25, 0.3) is 0 Å². The second kappa shape index (κ2) is 6.83. The lowest BCUT2D eigenvalue weighted by molar-refractivity contribution is 0.0329. The molecular weight excluding hydrogens is 268 g/mol. The van der Waals surface area contributed by atoms with Gasteiger partial charge in [0.15, 0.2) is 5.69 Å². The second-order valence-electron chi connectivity index (χ2n) is 4.88. The molecule has 0 saturated carbocycles. The first-order chi connectivity index (χ1) is 10.1. The number of esters is 1. The molecular formula is C16H18N2O3. The van der Waals surface area contributed by atoms with Gasteiger partial charge in [0.05, 0.1) is 12.3 Å². The zero-order valence-electron chi connectivity index (χ0n) is 12.3. The maximum Gasteiger partial charge on any atom is 0.359 e. The van der Waals surface area contributed by atoms with Gasteiger partial charge in [-0.2, -0.15) is 0 Å². The maximum atomic E-state index is 11.9. The zero-order chi connectivity index (χ0) is 15.2. The Morgan fingerprint density at radius 2 is 2.00 bits per heavy atom. The van der Waals surface area contributed by atoms with Crippen LogP contribution in [0.5, 0.6) is 5.75 Å². The molecule has 1 aromatic carbocycles. The Labute approximate surface area is 124 Å². The number of hydrogen-bond acceptors (Lipinski definition) is 5. The molecule has 2 rings (SSSR count). The molecule has 1 atom stereocenters. The number of benzene rings is 1. The smallest absolute Gasteiger partial charge is 0.359 e. The highest BCUT2D eigenvalue weighted by molar-refractivity contribution is 5.86. The molecule has 0 radical (unpaired) electrons. The molecule has 1 heterocycles. The number of nitrogens with zero attached hydrogens (tertiary/aromatic N) is 2. The van der Waals surface area contributed by atoms with E-state index in [0.29, 0.717) is 0 Å². The fraction of sp³-hybridized carbons (Fsp3) is 0.312. The molecule has 2 aromatic rings. The van der Waals surface area contributed by atoms with Crippen molar-refractivity contribution in [3.8, 4) is 5.75 Å². The van der Waals surface area contributed by atoms with Crippen LogP contribution in [0.15, 0.2) is 42.9 Å². The highest BCUT2D eigenvalue weighted by Crippen LogP contribution is 2.23. The lowest BCUT2D eigenvalue weighted by Gasteiger charge is -2.15. The molecule has 0 aliphatic carbocycles. The van der Waals surface area contributed by atoms with Crippen molar-refractivity contribution in [3.05, 3.63) is 54.1 Å². The average Bonchev–Trinajstić information content (AvgIpc) is 2.47. The Hall–Kier alpha value is -2.43. The molecule has 0 unspecified atom stereocenters. The summed E-state index contributed by atoms with van der Waals surface area (Å²) in [7, 11) is 0. The molecule has 0 aliphatic rings. The van der Waals surface area contributed by atoms with E-state index in [9.17, 15) is 4.79 Å². The third kappa shape index (κ3) is 4.27. The first kappa shape index (κ1) is 15.0. The average molecular weight is 286 g/mol. The highest BCUT2D eigenvalue weighted by Gasteiger charge is 2.15. The summed E-state index contributed by atoms with van der Waals surface area (Å²) in [6.07, 6.45) is 4.05. The predicted octanol–water partition coefficient (Wildman–Crippen LogP) is 3.18. The van der Waals surface area contributed by atoms with Gasteiger partial charge in [-0.1, -0.05) is 12.1 Å². The van der Waals surface area contributed by atoms with E-state index < -0.39 is 12.1 Å². The number of ether oxygens (including phenoxy) is 2. The van der Waals surface area contributed by atoms with Gasteiger partial charge in [0.1, 0.15) is 11.9 Å². The quantitative estimate of drug-likeness (QED) is 0.790. The number of rotatable bonds is 5. The summed E-state index contributed by atoms with van der Waals surface area (Å²) in [4.78, 5) is 19.7. The first-order valence-electron chi connectivity index (χ1n) is 6.80. The van der Waals surface area contributed by atoms with Crippen molar-refractivity contribution in [2.45, 2.75) is 33.0 Å². The van der Waals surface area contributed by atoms with E-state index in [0.717, 1.165) is 11.3 Å². The third-order valence-corrected chi connectivity index (χ3v) is 2.76. The first-order valence-corrected chi connectivity index (χ1v) is 6.80. The van der Waals surface area contributed by atoms with Gasteiger partial charge in [0.2, 0.25) is 0 Å². The van der Waals surface area contributed by atoms with Crippen LogP contribution < -0.4 is 4.74 Å². The van der Waals surface area contributed by atoms with Crippen LogP contribution in [-0.4, -0.2) is 22.0 Å². The van der Waals surface area contributed by atoms with Crippen LogP contribution >= 0.6 is 0 Å². The monoisotopic (exact) mass is 286 g/mol. The second-order valence-corrected chi connectivity index (χ2v) is 4.88. The van der Waals surface area contributed by atoms with Gasteiger partial charge in [-0.05, 0) is 38.5 Å². The van der Waals surface area contributed by atoms with E-state index in [1.807, 2.05) is 45.0 Å². The van der Waals surface area contributed by atoms with Crippen LogP contribution in [0.25, 0.3) is 0 Å². The van der Waals surface area contributed by atoms with E-state index in [1.54, 1.807) is 0 Å². The van der Waals surface area contributed by atoms with Crippen molar-refractivity contribution >= 4 is 5.97 Å². The Kier molecular flexibility index (Phi) is 4.87. The molecule has 0 saturated heterocycles. The summed E-state index contributed by atoms with van der Waals surface area (Å²) < 4.78 is 11.0. The minimum Gasteiger partial charge on any atom is -0.491 e. The van der Waals surface area contributed by atoms with E-state index in [4.69, 9.17) is 9.47 Å². The highest BCUT2D eigenvalue weighted by atomic mass is 16.5. The topological polar surface area (TPSA) is 61.3 Å². The number of hydrogen-bond donors (Lipinski definition) is 0. The molecule has 21 heavy (non-hydrogen) atoms. The van der Waals surface area contributed by atoms with E-state index in [2.05, 4.69) is 9.97 Å². The lowest BCUT2D eigenvalue weighted by atomic mass is 10.1. The molecule has 0 spiro atoms.